The molecule has 8 nitrogen and oxygen atoms in total. The Balaban J connectivity index is 1.68. The number of amides is 1. The molecule has 0 aliphatic rings. The maximum atomic E-state index is 13.2. The molecule has 12 heteroatoms. The standard InChI is InChI=1S/C22H18F3N5O3S/c1-32-10-11-33-21-16(7-3-9-26-21)27-20(31)18-28-19(17-8-4-12-34-17)30(29-18)15-6-2-5-14(13-15)22(23,24)25/h2-9,12-13H,10-11H2,1H3,(H,27,31). The van der Waals surface area contributed by atoms with Crippen molar-refractivity contribution in [1.82, 2.24) is 19.7 Å². The van der Waals surface area contributed by atoms with Crippen LogP contribution in [0.1, 0.15) is 16.2 Å². The second-order valence-electron chi connectivity index (χ2n) is 6.85. The van der Waals surface area contributed by atoms with E-state index in [4.69, 9.17) is 9.47 Å². The van der Waals surface area contributed by atoms with Gasteiger partial charge in [-0.3, -0.25) is 4.79 Å². The van der Waals surface area contributed by atoms with Crippen molar-refractivity contribution >= 4 is 22.9 Å². The van der Waals surface area contributed by atoms with E-state index in [2.05, 4.69) is 20.4 Å². The lowest BCUT2D eigenvalue weighted by atomic mass is 10.2. The maximum absolute atomic E-state index is 13.2. The monoisotopic (exact) mass is 489 g/mol. The Labute approximate surface area is 196 Å². The molecule has 0 fully saturated rings. The molecule has 176 valence electrons. The molecule has 1 N–H and O–H groups in total. The number of benzene rings is 1. The van der Waals surface area contributed by atoms with Crippen molar-refractivity contribution in [2.45, 2.75) is 6.18 Å². The van der Waals surface area contributed by atoms with Gasteiger partial charge in [-0.1, -0.05) is 12.1 Å². The summed E-state index contributed by atoms with van der Waals surface area (Å²) < 4.78 is 51.4. The third-order valence-corrected chi connectivity index (χ3v) is 5.38. The van der Waals surface area contributed by atoms with E-state index in [0.717, 1.165) is 12.1 Å². The summed E-state index contributed by atoms with van der Waals surface area (Å²) in [5.74, 6) is -0.480. The van der Waals surface area contributed by atoms with E-state index in [1.165, 1.54) is 41.5 Å². The Kier molecular flexibility index (Phi) is 6.89. The number of methoxy groups -OCH3 is 1. The van der Waals surface area contributed by atoms with Gasteiger partial charge < -0.3 is 14.8 Å². The van der Waals surface area contributed by atoms with E-state index in [1.54, 1.807) is 29.6 Å². The average Bonchev–Trinajstić information content (AvgIpc) is 3.50. The minimum absolute atomic E-state index is 0.120. The molecule has 0 bridgehead atoms. The normalized spacial score (nSPS) is 11.4. The van der Waals surface area contributed by atoms with E-state index < -0.39 is 17.6 Å². The summed E-state index contributed by atoms with van der Waals surface area (Å²) in [7, 11) is 1.53. The highest BCUT2D eigenvalue weighted by atomic mass is 32.1. The van der Waals surface area contributed by atoms with Crippen LogP contribution in [0, 0.1) is 0 Å². The third kappa shape index (κ3) is 5.24. The quantitative estimate of drug-likeness (QED) is 0.361. The van der Waals surface area contributed by atoms with E-state index in [0.29, 0.717) is 11.5 Å². The highest BCUT2D eigenvalue weighted by Crippen LogP contribution is 2.32. The van der Waals surface area contributed by atoms with Crippen molar-refractivity contribution in [3.8, 4) is 22.3 Å². The fourth-order valence-corrected chi connectivity index (χ4v) is 3.67. The first kappa shape index (κ1) is 23.4. The van der Waals surface area contributed by atoms with Crippen molar-refractivity contribution in [3.05, 3.63) is 71.5 Å². The number of rotatable bonds is 8. The van der Waals surface area contributed by atoms with Gasteiger partial charge in [0.05, 0.1) is 22.7 Å². The summed E-state index contributed by atoms with van der Waals surface area (Å²) >= 11 is 1.32. The van der Waals surface area contributed by atoms with Crippen LogP contribution in [0.15, 0.2) is 60.1 Å². The topological polar surface area (TPSA) is 91.2 Å². The number of alkyl halides is 3. The zero-order valence-electron chi connectivity index (χ0n) is 17.7. The van der Waals surface area contributed by atoms with Crippen LogP contribution in [0.4, 0.5) is 18.9 Å². The molecule has 4 rings (SSSR count). The smallest absolute Gasteiger partial charge is 0.416 e. The zero-order valence-corrected chi connectivity index (χ0v) is 18.6. The Bertz CT molecular complexity index is 1280. The van der Waals surface area contributed by atoms with Crippen molar-refractivity contribution in [3.63, 3.8) is 0 Å². The molecule has 0 atom stereocenters. The van der Waals surface area contributed by atoms with Gasteiger partial charge in [0.25, 0.3) is 5.91 Å². The fourth-order valence-electron chi connectivity index (χ4n) is 2.97. The second-order valence-corrected chi connectivity index (χ2v) is 7.80. The molecule has 0 unspecified atom stereocenters. The number of carbonyl (C=O) groups excluding carboxylic acids is 1. The lowest BCUT2D eigenvalue weighted by molar-refractivity contribution is -0.137. The van der Waals surface area contributed by atoms with E-state index >= 15 is 0 Å². The highest BCUT2D eigenvalue weighted by molar-refractivity contribution is 7.13. The molecule has 0 saturated heterocycles. The van der Waals surface area contributed by atoms with Gasteiger partial charge in [-0.15, -0.1) is 16.4 Å². The summed E-state index contributed by atoms with van der Waals surface area (Å²) in [5.41, 5.74) is -0.428. The van der Waals surface area contributed by atoms with Crippen LogP contribution in [0.25, 0.3) is 16.4 Å². The second kappa shape index (κ2) is 10.0. The molecule has 34 heavy (non-hydrogen) atoms. The molecule has 0 aliphatic heterocycles. The number of hydrogen-bond acceptors (Lipinski definition) is 7. The van der Waals surface area contributed by atoms with Gasteiger partial charge in [-0.2, -0.15) is 13.2 Å². The molecule has 3 heterocycles. The predicted molar refractivity (Wildman–Crippen MR) is 119 cm³/mol. The molecule has 0 aliphatic carbocycles. The number of nitrogens with zero attached hydrogens (tertiary/aromatic N) is 4. The SMILES string of the molecule is COCCOc1ncccc1NC(=O)c1nc(-c2cccs2)n(-c2cccc(C(F)(F)F)c2)n1. The van der Waals surface area contributed by atoms with Crippen LogP contribution >= 0.6 is 11.3 Å². The molecule has 0 saturated carbocycles. The van der Waals surface area contributed by atoms with Crippen LogP contribution in [0.5, 0.6) is 5.88 Å². The molecule has 0 radical (unpaired) electrons. The minimum Gasteiger partial charge on any atom is -0.474 e. The van der Waals surface area contributed by atoms with E-state index in [-0.39, 0.29) is 35.5 Å². The predicted octanol–water partition coefficient (Wildman–Crippen LogP) is 4.69. The van der Waals surface area contributed by atoms with Crippen LogP contribution < -0.4 is 10.1 Å². The summed E-state index contributed by atoms with van der Waals surface area (Å²) in [4.78, 5) is 22.0. The Morgan fingerprint density at radius 2 is 2.00 bits per heavy atom. The van der Waals surface area contributed by atoms with Crippen LogP contribution in [-0.2, 0) is 10.9 Å². The molecule has 3 aromatic heterocycles. The van der Waals surface area contributed by atoms with Gasteiger partial charge in [-0.25, -0.2) is 14.6 Å². The number of nitrogens with one attached hydrogen (secondary N) is 1. The first-order valence-electron chi connectivity index (χ1n) is 9.93. The molecular weight excluding hydrogens is 471 g/mol. The van der Waals surface area contributed by atoms with Crippen molar-refractivity contribution in [2.24, 2.45) is 0 Å². The Hall–Kier alpha value is -3.77. The Morgan fingerprint density at radius 3 is 2.74 bits per heavy atom. The first-order chi connectivity index (χ1) is 16.4. The molecule has 0 spiro atoms. The first-order valence-corrected chi connectivity index (χ1v) is 10.8. The number of hydrogen-bond donors (Lipinski definition) is 1. The molecule has 4 aromatic rings. The van der Waals surface area contributed by atoms with E-state index in [1.807, 2.05) is 0 Å². The minimum atomic E-state index is -4.53. The average molecular weight is 489 g/mol. The third-order valence-electron chi connectivity index (χ3n) is 4.52. The molecular formula is C22H18F3N5O3S. The molecule has 1 amide bonds. The Morgan fingerprint density at radius 1 is 1.15 bits per heavy atom. The van der Waals surface area contributed by atoms with Crippen LogP contribution in [-0.4, -0.2) is 46.0 Å². The number of anilines is 1. The lowest BCUT2D eigenvalue weighted by Crippen LogP contribution is -2.16. The summed E-state index contributed by atoms with van der Waals surface area (Å²) in [6.07, 6.45) is -3.02. The summed E-state index contributed by atoms with van der Waals surface area (Å²) in [5, 5.41) is 8.65. The number of thiophene rings is 1. The largest absolute Gasteiger partial charge is 0.474 e. The van der Waals surface area contributed by atoms with Gasteiger partial charge in [0.1, 0.15) is 12.3 Å². The van der Waals surface area contributed by atoms with Crippen molar-refractivity contribution < 1.29 is 27.4 Å². The van der Waals surface area contributed by atoms with Gasteiger partial charge in [-0.05, 0) is 41.8 Å². The van der Waals surface area contributed by atoms with Crippen LogP contribution in [0.3, 0.4) is 0 Å². The number of pyridine rings is 1. The van der Waals surface area contributed by atoms with Gasteiger partial charge in [0.2, 0.25) is 11.7 Å². The number of ether oxygens (including phenoxy) is 2. The number of halogens is 3. The number of carbonyl (C=O) groups is 1. The summed E-state index contributed by atoms with van der Waals surface area (Å²) in [6, 6.07) is 11.4. The van der Waals surface area contributed by atoms with Crippen molar-refractivity contribution in [1.29, 1.82) is 0 Å². The molecule has 1 aromatic carbocycles. The number of aromatic nitrogens is 4. The zero-order chi connectivity index (χ0) is 24.1. The van der Waals surface area contributed by atoms with Gasteiger partial charge >= 0.3 is 6.18 Å². The maximum Gasteiger partial charge on any atom is 0.416 e. The van der Waals surface area contributed by atoms with Gasteiger partial charge in [0.15, 0.2) is 5.82 Å². The summed E-state index contributed by atoms with van der Waals surface area (Å²) in [6.45, 7) is 0.554. The lowest BCUT2D eigenvalue weighted by Gasteiger charge is -2.10. The fraction of sp³-hybridized carbons (Fsp3) is 0.182. The highest BCUT2D eigenvalue weighted by Gasteiger charge is 2.31. The van der Waals surface area contributed by atoms with E-state index in [9.17, 15) is 18.0 Å². The van der Waals surface area contributed by atoms with Gasteiger partial charge in [0, 0.05) is 13.3 Å². The van der Waals surface area contributed by atoms with Crippen molar-refractivity contribution in [2.75, 3.05) is 25.6 Å². The van der Waals surface area contributed by atoms with Crippen LogP contribution in [0.2, 0.25) is 0 Å².